The van der Waals surface area contributed by atoms with Crippen molar-refractivity contribution >= 4 is 5.91 Å². The molecule has 0 bridgehead atoms. The zero-order valence-corrected chi connectivity index (χ0v) is 18.6. The van der Waals surface area contributed by atoms with Crippen LogP contribution in [0.2, 0.25) is 0 Å². The van der Waals surface area contributed by atoms with Crippen LogP contribution in [-0.2, 0) is 11.3 Å². The van der Waals surface area contributed by atoms with Crippen molar-refractivity contribution in [2.45, 2.75) is 20.5 Å². The average Bonchev–Trinajstić information content (AvgIpc) is 3.20. The molecule has 4 rings (SSSR count). The van der Waals surface area contributed by atoms with E-state index < -0.39 is 0 Å². The fraction of sp³-hybridized carbons (Fsp3) is 0.360. The van der Waals surface area contributed by atoms with Crippen LogP contribution in [0.4, 0.5) is 0 Å². The Bertz CT molecular complexity index is 1020. The number of benzene rings is 2. The molecule has 0 unspecified atom stereocenters. The van der Waals surface area contributed by atoms with Crippen molar-refractivity contribution in [3.05, 3.63) is 71.1 Å². The van der Waals surface area contributed by atoms with Gasteiger partial charge in [-0.25, -0.2) is 4.98 Å². The Morgan fingerprint density at radius 2 is 1.78 bits per heavy atom. The van der Waals surface area contributed by atoms with Crippen LogP contribution in [0.5, 0.6) is 5.75 Å². The first-order valence-corrected chi connectivity index (χ1v) is 10.9. The molecule has 0 radical (unpaired) electrons. The number of hydrogen-bond donors (Lipinski definition) is 1. The molecular weight excluding hydrogens is 406 g/mol. The van der Waals surface area contributed by atoms with Gasteiger partial charge in [-0.05, 0) is 50.2 Å². The summed E-state index contributed by atoms with van der Waals surface area (Å²) in [6, 6.07) is 15.2. The Kier molecular flexibility index (Phi) is 7.19. The van der Waals surface area contributed by atoms with Crippen LogP contribution >= 0.6 is 0 Å². The molecule has 0 atom stereocenters. The monoisotopic (exact) mass is 435 g/mol. The van der Waals surface area contributed by atoms with Gasteiger partial charge in [-0.3, -0.25) is 9.69 Å². The molecule has 1 aliphatic rings. The first kappa shape index (κ1) is 22.0. The van der Waals surface area contributed by atoms with Crippen LogP contribution in [0.25, 0.3) is 11.5 Å². The van der Waals surface area contributed by atoms with Crippen LogP contribution in [0, 0.1) is 13.8 Å². The highest BCUT2D eigenvalue weighted by molar-refractivity contribution is 5.94. The van der Waals surface area contributed by atoms with Crippen molar-refractivity contribution in [1.82, 2.24) is 15.2 Å². The van der Waals surface area contributed by atoms with Gasteiger partial charge in [0, 0.05) is 37.3 Å². The molecule has 0 saturated carbocycles. The van der Waals surface area contributed by atoms with Gasteiger partial charge < -0.3 is 19.2 Å². The highest BCUT2D eigenvalue weighted by atomic mass is 16.5. The molecule has 1 saturated heterocycles. The number of aryl methyl sites for hydroxylation is 2. The second-order valence-corrected chi connectivity index (χ2v) is 7.91. The summed E-state index contributed by atoms with van der Waals surface area (Å²) >= 11 is 0. The van der Waals surface area contributed by atoms with Gasteiger partial charge in [0.1, 0.15) is 23.8 Å². The van der Waals surface area contributed by atoms with E-state index in [2.05, 4.69) is 15.2 Å². The van der Waals surface area contributed by atoms with Gasteiger partial charge in [-0.15, -0.1) is 0 Å². The predicted octanol–water partition coefficient (Wildman–Crippen LogP) is 3.60. The summed E-state index contributed by atoms with van der Waals surface area (Å²) in [5.41, 5.74) is 3.37. The third kappa shape index (κ3) is 5.75. The molecular formula is C25H29N3O4. The summed E-state index contributed by atoms with van der Waals surface area (Å²) in [6.45, 7) is 9.04. The molecule has 1 aromatic heterocycles. The molecule has 0 aliphatic carbocycles. The summed E-state index contributed by atoms with van der Waals surface area (Å²) in [6.07, 6.45) is 0. The highest BCUT2D eigenvalue weighted by Crippen LogP contribution is 2.23. The highest BCUT2D eigenvalue weighted by Gasteiger charge is 2.14. The predicted molar refractivity (Wildman–Crippen MR) is 122 cm³/mol. The number of rotatable bonds is 8. The Balaban J connectivity index is 1.31. The number of nitrogens with zero attached hydrogens (tertiary/aromatic N) is 2. The van der Waals surface area contributed by atoms with Crippen LogP contribution < -0.4 is 10.1 Å². The normalized spacial score (nSPS) is 14.3. The number of amides is 1. The van der Waals surface area contributed by atoms with E-state index in [1.165, 1.54) is 5.56 Å². The van der Waals surface area contributed by atoms with Crippen molar-refractivity contribution in [3.8, 4) is 17.2 Å². The third-order valence-corrected chi connectivity index (χ3v) is 5.50. The lowest BCUT2D eigenvalue weighted by atomic mass is 10.1. The van der Waals surface area contributed by atoms with Crippen LogP contribution in [0.1, 0.15) is 27.4 Å². The van der Waals surface area contributed by atoms with E-state index in [-0.39, 0.29) is 5.91 Å². The second kappa shape index (κ2) is 10.4. The topological polar surface area (TPSA) is 76.8 Å². The minimum absolute atomic E-state index is 0.0828. The van der Waals surface area contributed by atoms with Gasteiger partial charge in [0.15, 0.2) is 0 Å². The standard InChI is InChI=1S/C25H29N3O4/c1-18-3-9-22(10-4-18)31-17-23-19(2)32-25(27-23)21-7-5-20(6-8-21)24(29)26-11-12-28-13-15-30-16-14-28/h3-10H,11-17H2,1-2H3,(H,26,29). The van der Waals surface area contributed by atoms with Crippen molar-refractivity contribution < 1.29 is 18.7 Å². The fourth-order valence-corrected chi connectivity index (χ4v) is 3.49. The van der Waals surface area contributed by atoms with Gasteiger partial charge in [0.05, 0.1) is 13.2 Å². The van der Waals surface area contributed by atoms with E-state index in [0.717, 1.165) is 55.6 Å². The minimum atomic E-state index is -0.0828. The molecule has 32 heavy (non-hydrogen) atoms. The summed E-state index contributed by atoms with van der Waals surface area (Å²) < 4.78 is 17.0. The zero-order chi connectivity index (χ0) is 22.3. The van der Waals surface area contributed by atoms with Crippen LogP contribution in [-0.4, -0.2) is 55.2 Å². The van der Waals surface area contributed by atoms with E-state index in [0.29, 0.717) is 24.6 Å². The van der Waals surface area contributed by atoms with Crippen LogP contribution in [0.3, 0.4) is 0 Å². The largest absolute Gasteiger partial charge is 0.487 e. The minimum Gasteiger partial charge on any atom is -0.487 e. The van der Waals surface area contributed by atoms with E-state index in [1.807, 2.05) is 50.2 Å². The number of carbonyl (C=O) groups is 1. The van der Waals surface area contributed by atoms with Crippen LogP contribution in [0.15, 0.2) is 52.9 Å². The molecule has 2 heterocycles. The molecule has 168 valence electrons. The molecule has 1 aliphatic heterocycles. The second-order valence-electron chi connectivity index (χ2n) is 7.91. The van der Waals surface area contributed by atoms with E-state index in [4.69, 9.17) is 13.9 Å². The maximum absolute atomic E-state index is 12.4. The summed E-state index contributed by atoms with van der Waals surface area (Å²) in [7, 11) is 0. The van der Waals surface area contributed by atoms with Crippen molar-refractivity contribution in [2.75, 3.05) is 39.4 Å². The summed E-state index contributed by atoms with van der Waals surface area (Å²) in [4.78, 5) is 19.3. The lowest BCUT2D eigenvalue weighted by molar-refractivity contribution is 0.0383. The summed E-state index contributed by atoms with van der Waals surface area (Å²) in [5, 5.41) is 2.98. The fourth-order valence-electron chi connectivity index (χ4n) is 3.49. The maximum Gasteiger partial charge on any atom is 0.251 e. The molecule has 7 heteroatoms. The molecule has 7 nitrogen and oxygen atoms in total. The van der Waals surface area contributed by atoms with Gasteiger partial charge in [-0.2, -0.15) is 0 Å². The van der Waals surface area contributed by atoms with Crippen molar-refractivity contribution in [3.63, 3.8) is 0 Å². The first-order chi connectivity index (χ1) is 15.6. The average molecular weight is 436 g/mol. The molecule has 3 aromatic rings. The van der Waals surface area contributed by atoms with Gasteiger partial charge >= 0.3 is 0 Å². The number of hydrogen-bond acceptors (Lipinski definition) is 6. The quantitative estimate of drug-likeness (QED) is 0.583. The van der Waals surface area contributed by atoms with Crippen molar-refractivity contribution in [1.29, 1.82) is 0 Å². The van der Waals surface area contributed by atoms with E-state index in [1.54, 1.807) is 12.1 Å². The Morgan fingerprint density at radius 3 is 2.50 bits per heavy atom. The Morgan fingerprint density at radius 1 is 1.06 bits per heavy atom. The molecule has 1 N–H and O–H groups in total. The maximum atomic E-state index is 12.4. The lowest BCUT2D eigenvalue weighted by Crippen LogP contribution is -2.41. The van der Waals surface area contributed by atoms with Gasteiger partial charge in [0.25, 0.3) is 5.91 Å². The Labute approximate surface area is 188 Å². The first-order valence-electron chi connectivity index (χ1n) is 10.9. The summed E-state index contributed by atoms with van der Waals surface area (Å²) in [5.74, 6) is 1.95. The zero-order valence-electron chi connectivity index (χ0n) is 18.6. The number of oxazole rings is 1. The van der Waals surface area contributed by atoms with Crippen molar-refractivity contribution in [2.24, 2.45) is 0 Å². The molecule has 1 fully saturated rings. The number of nitrogens with one attached hydrogen (secondary N) is 1. The van der Waals surface area contributed by atoms with E-state index >= 15 is 0 Å². The number of aromatic nitrogens is 1. The van der Waals surface area contributed by atoms with Gasteiger partial charge in [-0.1, -0.05) is 17.7 Å². The molecule has 1 amide bonds. The molecule has 2 aromatic carbocycles. The van der Waals surface area contributed by atoms with Gasteiger partial charge in [0.2, 0.25) is 5.89 Å². The van der Waals surface area contributed by atoms with E-state index in [9.17, 15) is 4.79 Å². The third-order valence-electron chi connectivity index (χ3n) is 5.50. The number of carbonyl (C=O) groups excluding carboxylic acids is 1. The lowest BCUT2D eigenvalue weighted by Gasteiger charge is -2.26. The molecule has 0 spiro atoms. The smallest absolute Gasteiger partial charge is 0.251 e. The number of ether oxygens (including phenoxy) is 2. The SMILES string of the molecule is Cc1ccc(OCc2nc(-c3ccc(C(=O)NCCN4CCOCC4)cc3)oc2C)cc1. The number of morpholine rings is 1. The Hall–Kier alpha value is -3.16.